The third kappa shape index (κ3) is 8.13. The van der Waals surface area contributed by atoms with E-state index >= 15 is 0 Å². The molecule has 0 amide bonds. The zero-order chi connectivity index (χ0) is 27.5. The highest BCUT2D eigenvalue weighted by atomic mass is 32.2. The fraction of sp³-hybridized carbons (Fsp3) is 0.429. The quantitative estimate of drug-likeness (QED) is 0.200. The van der Waals surface area contributed by atoms with Gasteiger partial charge in [0.05, 0.1) is 11.2 Å². The number of ether oxygens (including phenoxy) is 1. The summed E-state index contributed by atoms with van der Waals surface area (Å²) in [5.41, 5.74) is -3.65. The van der Waals surface area contributed by atoms with Crippen molar-refractivity contribution in [1.82, 2.24) is 14.7 Å². The Morgan fingerprint density at radius 3 is 2.44 bits per heavy atom. The van der Waals surface area contributed by atoms with Crippen LogP contribution in [-0.4, -0.2) is 64.8 Å². The Morgan fingerprint density at radius 1 is 1.25 bits per heavy atom. The number of aromatic nitrogens is 2. The van der Waals surface area contributed by atoms with Crippen molar-refractivity contribution >= 4 is 53.7 Å². The minimum atomic E-state index is -5.56. The molecule has 1 aromatic carbocycles. The summed E-state index contributed by atoms with van der Waals surface area (Å²) in [4.78, 5) is 12.8. The van der Waals surface area contributed by atoms with Gasteiger partial charge in [-0.1, -0.05) is 0 Å². The van der Waals surface area contributed by atoms with Crippen molar-refractivity contribution in [2.24, 2.45) is 4.99 Å². The summed E-state index contributed by atoms with van der Waals surface area (Å²) in [6.07, 6.45) is 1.15. The molecule has 9 nitrogen and oxygen atoms in total. The van der Waals surface area contributed by atoms with Crippen LogP contribution in [0, 0.1) is 6.92 Å². The molecule has 0 saturated heterocycles. The molecule has 0 aliphatic carbocycles. The van der Waals surface area contributed by atoms with Gasteiger partial charge in [-0.3, -0.25) is 0 Å². The number of nitrogens with zero attached hydrogens (tertiary/aromatic N) is 3. The molecule has 2 rings (SSSR count). The molecule has 3 atom stereocenters. The van der Waals surface area contributed by atoms with E-state index in [1.54, 1.807) is 19.1 Å². The largest absolute Gasteiger partial charge is 0.511 e. The molecule has 0 bridgehead atoms. The fourth-order valence-corrected chi connectivity index (χ4v) is 4.23. The van der Waals surface area contributed by atoms with E-state index in [4.69, 9.17) is 4.74 Å². The molecular formula is C21H27F4N5O4S2. The van der Waals surface area contributed by atoms with E-state index in [2.05, 4.69) is 25.6 Å². The second kappa shape index (κ2) is 11.1. The number of fused-ring (bicyclic) bond motifs is 1. The average molecular weight is 554 g/mol. The predicted molar refractivity (Wildman–Crippen MR) is 134 cm³/mol. The molecule has 0 saturated carbocycles. The van der Waals surface area contributed by atoms with Crippen LogP contribution in [0.4, 0.5) is 29.1 Å². The van der Waals surface area contributed by atoms with Crippen molar-refractivity contribution in [3.05, 3.63) is 35.9 Å². The number of sulfonamides is 1. The molecule has 1 heterocycles. The number of hydrogen-bond acceptors (Lipinski definition) is 7. The van der Waals surface area contributed by atoms with Crippen LogP contribution in [0.25, 0.3) is 10.9 Å². The molecule has 2 aromatic rings. The third-order valence-corrected chi connectivity index (χ3v) is 6.28. The van der Waals surface area contributed by atoms with Crippen molar-refractivity contribution in [1.29, 1.82) is 0 Å². The van der Waals surface area contributed by atoms with Crippen LogP contribution in [-0.2, 0) is 24.5 Å². The summed E-state index contributed by atoms with van der Waals surface area (Å²) >= 11 is 0. The molecule has 3 unspecified atom stereocenters. The summed E-state index contributed by atoms with van der Waals surface area (Å²) in [5, 5.41) is 0.549. The summed E-state index contributed by atoms with van der Waals surface area (Å²) in [7, 11) is -8.10. The number of aliphatic imine (C=N–C) groups is 1. The first-order valence-corrected chi connectivity index (χ1v) is 14.0. The van der Waals surface area contributed by atoms with Gasteiger partial charge in [0.15, 0.2) is 5.82 Å². The van der Waals surface area contributed by atoms with Crippen molar-refractivity contribution < 1.29 is 34.9 Å². The lowest BCUT2D eigenvalue weighted by Crippen LogP contribution is -2.40. The molecule has 0 fully saturated rings. The van der Waals surface area contributed by atoms with E-state index < -0.39 is 44.1 Å². The lowest BCUT2D eigenvalue weighted by molar-refractivity contribution is -0.0450. The van der Waals surface area contributed by atoms with Crippen LogP contribution in [0.5, 0.6) is 0 Å². The first kappa shape index (κ1) is 29.5. The highest BCUT2D eigenvalue weighted by Gasteiger charge is 2.45. The van der Waals surface area contributed by atoms with E-state index in [1.807, 2.05) is 0 Å². The standard InChI is InChI=1S/C21H27F4N5O4S2/c1-12-7-16(30-35(5,6)31)9-17-19(12)20(27-11-26-17)29-15(4)18(8-13(2)22)34-14(3)10-28-36(32,33)21(23,24)25/h7-9,11,13-14,28H,5,10H2,1-4,6H3,(H,30,31)/b18-8+,29-15?. The van der Waals surface area contributed by atoms with Gasteiger partial charge in [-0.25, -0.2) is 36.7 Å². The zero-order valence-electron chi connectivity index (χ0n) is 20.2. The molecule has 2 N–H and O–H groups in total. The first-order chi connectivity index (χ1) is 16.4. The predicted octanol–water partition coefficient (Wildman–Crippen LogP) is 3.79. The van der Waals surface area contributed by atoms with Gasteiger partial charge >= 0.3 is 15.5 Å². The highest BCUT2D eigenvalue weighted by molar-refractivity contribution is 8.00. The Hall–Kier alpha value is -2.78. The molecule has 0 radical (unpaired) electrons. The summed E-state index contributed by atoms with van der Waals surface area (Å²) in [5.74, 6) is 3.66. The van der Waals surface area contributed by atoms with Crippen molar-refractivity contribution in [2.75, 3.05) is 17.5 Å². The Balaban J connectivity index is 2.39. The smallest absolute Gasteiger partial charge is 0.488 e. The first-order valence-electron chi connectivity index (χ1n) is 10.4. The maximum Gasteiger partial charge on any atom is 0.511 e. The van der Waals surface area contributed by atoms with Gasteiger partial charge < -0.3 is 9.46 Å². The minimum Gasteiger partial charge on any atom is -0.488 e. The number of alkyl halides is 4. The van der Waals surface area contributed by atoms with Gasteiger partial charge in [0.1, 0.15) is 24.4 Å². The van der Waals surface area contributed by atoms with Crippen molar-refractivity contribution in [3.8, 4) is 0 Å². The second-order valence-electron chi connectivity index (χ2n) is 8.12. The normalized spacial score (nSPS) is 16.9. The number of halogens is 4. The second-order valence-corrected chi connectivity index (χ2v) is 12.1. The summed E-state index contributed by atoms with van der Waals surface area (Å²) in [6, 6.07) is 3.35. The average Bonchev–Trinajstić information content (AvgIpc) is 2.69. The Morgan fingerprint density at radius 2 is 1.89 bits per heavy atom. The number of rotatable bonds is 10. The van der Waals surface area contributed by atoms with E-state index in [0.29, 0.717) is 22.2 Å². The Bertz CT molecular complexity index is 1390. The molecule has 36 heavy (non-hydrogen) atoms. The van der Waals surface area contributed by atoms with Gasteiger partial charge in [0.25, 0.3) is 0 Å². The van der Waals surface area contributed by atoms with Gasteiger partial charge in [0.2, 0.25) is 0 Å². The summed E-state index contributed by atoms with van der Waals surface area (Å²) in [6.45, 7) is 5.05. The van der Waals surface area contributed by atoms with Gasteiger partial charge in [0, 0.05) is 33.6 Å². The van der Waals surface area contributed by atoms with Crippen LogP contribution in [0.3, 0.4) is 0 Å². The molecule has 0 aliphatic rings. The lowest BCUT2D eigenvalue weighted by atomic mass is 10.1. The highest BCUT2D eigenvalue weighted by Crippen LogP contribution is 2.30. The van der Waals surface area contributed by atoms with E-state index in [-0.39, 0.29) is 17.3 Å². The molecular weight excluding hydrogens is 526 g/mol. The Kier molecular flexibility index (Phi) is 9.07. The molecule has 1 aromatic heterocycles. The van der Waals surface area contributed by atoms with Crippen LogP contribution >= 0.6 is 0 Å². The van der Waals surface area contributed by atoms with E-state index in [9.17, 15) is 30.2 Å². The van der Waals surface area contributed by atoms with Gasteiger partial charge in [-0.2, -0.15) is 13.2 Å². The molecule has 0 aliphatic heterocycles. The van der Waals surface area contributed by atoms with Crippen LogP contribution < -0.4 is 9.44 Å². The number of anilines is 1. The number of nitrogens with one attached hydrogen (secondary N) is 2. The van der Waals surface area contributed by atoms with Crippen LogP contribution in [0.2, 0.25) is 0 Å². The zero-order valence-corrected chi connectivity index (χ0v) is 21.8. The molecule has 15 heteroatoms. The topological polar surface area (TPSA) is 123 Å². The van der Waals surface area contributed by atoms with Crippen molar-refractivity contribution in [3.63, 3.8) is 0 Å². The monoisotopic (exact) mass is 553 g/mol. The number of allylic oxidation sites excluding steroid dienone is 2. The maximum atomic E-state index is 13.8. The minimum absolute atomic E-state index is 0.103. The maximum absolute atomic E-state index is 13.8. The van der Waals surface area contributed by atoms with Crippen molar-refractivity contribution in [2.45, 2.75) is 45.5 Å². The number of aryl methyl sites for hydroxylation is 1. The van der Waals surface area contributed by atoms with E-state index in [1.165, 1.54) is 38.1 Å². The third-order valence-electron chi connectivity index (χ3n) is 4.45. The van der Waals surface area contributed by atoms with Crippen LogP contribution in [0.15, 0.2) is 35.3 Å². The summed E-state index contributed by atoms with van der Waals surface area (Å²) < 4.78 is 95.6. The fourth-order valence-electron chi connectivity index (χ4n) is 3.00. The molecule has 0 spiro atoms. The lowest BCUT2D eigenvalue weighted by Gasteiger charge is -2.19. The SMILES string of the molecule is C=S(C)(=O)Nc1cc(C)c2c(N=C(C)/C(=C\C(C)F)OC(C)CNS(=O)(=O)C(F)(F)F)ncnc2c1. The number of benzene rings is 1. The van der Waals surface area contributed by atoms with Gasteiger partial charge in [-0.05, 0) is 57.3 Å². The molecule has 200 valence electrons. The number of hydrogen-bond donors (Lipinski definition) is 2. The van der Waals surface area contributed by atoms with Crippen LogP contribution in [0.1, 0.15) is 26.3 Å². The van der Waals surface area contributed by atoms with Gasteiger partial charge in [-0.15, -0.1) is 0 Å². The van der Waals surface area contributed by atoms with E-state index in [0.717, 1.165) is 6.08 Å². The Labute approximate surface area is 207 Å².